The van der Waals surface area contributed by atoms with Gasteiger partial charge in [-0.3, -0.25) is 0 Å². The van der Waals surface area contributed by atoms with E-state index in [0.29, 0.717) is 17.5 Å². The molecule has 0 aliphatic carbocycles. The van der Waals surface area contributed by atoms with Crippen LogP contribution >= 0.6 is 11.6 Å². The highest BCUT2D eigenvalue weighted by Crippen LogP contribution is 2.21. The Morgan fingerprint density at radius 1 is 1.57 bits per heavy atom. The molecule has 2 heterocycles. The van der Waals surface area contributed by atoms with Crippen LogP contribution in [-0.4, -0.2) is 34.3 Å². The quantitative estimate of drug-likeness (QED) is 0.657. The Hall–Kier alpha value is -1.07. The molecule has 1 aromatic heterocycles. The average molecular weight is 215 g/mol. The van der Waals surface area contributed by atoms with Crippen LogP contribution in [0, 0.1) is 0 Å². The van der Waals surface area contributed by atoms with Crippen molar-refractivity contribution in [1.29, 1.82) is 0 Å². The summed E-state index contributed by atoms with van der Waals surface area (Å²) in [6.45, 7) is 1.35. The number of aliphatic hydroxyl groups excluding tert-OH is 1. The zero-order valence-corrected chi connectivity index (χ0v) is 8.28. The standard InChI is InChI=1S/C8H11ClN4O/c9-6-3-7(12-8(10)11-6)13-2-1-5(14)4-13/h3,5,14H,1-2,4H2,(H2,10,11,12)/t5-/m1/s1. The molecule has 0 bridgehead atoms. The molecule has 0 saturated carbocycles. The molecule has 5 nitrogen and oxygen atoms in total. The molecule has 6 heteroatoms. The molecular formula is C8H11ClN4O. The number of hydrogen-bond donors (Lipinski definition) is 2. The van der Waals surface area contributed by atoms with E-state index < -0.39 is 0 Å². The third-order valence-corrected chi connectivity index (χ3v) is 2.38. The molecule has 0 spiro atoms. The Kier molecular flexibility index (Phi) is 2.43. The minimum absolute atomic E-state index is 0.161. The van der Waals surface area contributed by atoms with Crippen molar-refractivity contribution in [3.8, 4) is 0 Å². The van der Waals surface area contributed by atoms with Gasteiger partial charge in [-0.05, 0) is 6.42 Å². The molecule has 1 aromatic rings. The third-order valence-electron chi connectivity index (χ3n) is 2.19. The first-order chi connectivity index (χ1) is 6.65. The zero-order chi connectivity index (χ0) is 10.1. The largest absolute Gasteiger partial charge is 0.391 e. The summed E-state index contributed by atoms with van der Waals surface area (Å²) in [5.41, 5.74) is 5.47. The summed E-state index contributed by atoms with van der Waals surface area (Å²) in [6.07, 6.45) is 0.464. The van der Waals surface area contributed by atoms with Crippen LogP contribution in [0.2, 0.25) is 5.15 Å². The second kappa shape index (κ2) is 3.59. The lowest BCUT2D eigenvalue weighted by atomic mass is 10.3. The SMILES string of the molecule is Nc1nc(Cl)cc(N2CC[C@@H](O)C2)n1. The van der Waals surface area contributed by atoms with Gasteiger partial charge in [0.2, 0.25) is 5.95 Å². The van der Waals surface area contributed by atoms with Gasteiger partial charge in [-0.25, -0.2) is 4.98 Å². The Balaban J connectivity index is 2.23. The normalized spacial score (nSPS) is 21.6. The Labute approximate surface area is 86.5 Å². The molecule has 1 aliphatic rings. The number of aromatic nitrogens is 2. The maximum atomic E-state index is 9.35. The van der Waals surface area contributed by atoms with Gasteiger partial charge in [0.15, 0.2) is 0 Å². The summed E-state index contributed by atoms with van der Waals surface area (Å²) in [5.74, 6) is 0.841. The highest BCUT2D eigenvalue weighted by atomic mass is 35.5. The van der Waals surface area contributed by atoms with Gasteiger partial charge in [0.1, 0.15) is 11.0 Å². The molecule has 0 unspecified atom stereocenters. The van der Waals surface area contributed by atoms with Crippen molar-refractivity contribution in [2.24, 2.45) is 0 Å². The van der Waals surface area contributed by atoms with Gasteiger partial charge in [0.25, 0.3) is 0 Å². The van der Waals surface area contributed by atoms with Crippen LogP contribution in [-0.2, 0) is 0 Å². The molecular weight excluding hydrogens is 204 g/mol. The van der Waals surface area contributed by atoms with Gasteiger partial charge in [0.05, 0.1) is 6.10 Å². The van der Waals surface area contributed by atoms with Crippen LogP contribution < -0.4 is 10.6 Å². The van der Waals surface area contributed by atoms with E-state index in [1.165, 1.54) is 0 Å². The van der Waals surface area contributed by atoms with E-state index in [4.69, 9.17) is 17.3 Å². The van der Waals surface area contributed by atoms with Gasteiger partial charge in [-0.2, -0.15) is 4.98 Å². The first kappa shape index (κ1) is 9.48. The Morgan fingerprint density at radius 3 is 2.93 bits per heavy atom. The fourth-order valence-electron chi connectivity index (χ4n) is 1.53. The minimum atomic E-state index is -0.287. The maximum Gasteiger partial charge on any atom is 0.223 e. The molecule has 3 N–H and O–H groups in total. The van der Waals surface area contributed by atoms with Crippen LogP contribution in [0.5, 0.6) is 0 Å². The van der Waals surface area contributed by atoms with Gasteiger partial charge < -0.3 is 15.7 Å². The fraction of sp³-hybridized carbons (Fsp3) is 0.500. The van der Waals surface area contributed by atoms with Crippen molar-refractivity contribution < 1.29 is 5.11 Å². The van der Waals surface area contributed by atoms with Crippen LogP contribution in [0.3, 0.4) is 0 Å². The summed E-state index contributed by atoms with van der Waals surface area (Å²) in [5, 5.41) is 9.68. The van der Waals surface area contributed by atoms with Crippen molar-refractivity contribution in [2.75, 3.05) is 23.7 Å². The van der Waals surface area contributed by atoms with Crippen molar-refractivity contribution in [3.63, 3.8) is 0 Å². The van der Waals surface area contributed by atoms with Crippen molar-refractivity contribution in [1.82, 2.24) is 9.97 Å². The molecule has 1 fully saturated rings. The number of rotatable bonds is 1. The van der Waals surface area contributed by atoms with Gasteiger partial charge >= 0.3 is 0 Å². The van der Waals surface area contributed by atoms with Gasteiger partial charge in [0, 0.05) is 19.2 Å². The molecule has 0 amide bonds. The lowest BCUT2D eigenvalue weighted by Gasteiger charge is -2.16. The number of hydrogen-bond acceptors (Lipinski definition) is 5. The second-order valence-electron chi connectivity index (χ2n) is 3.30. The molecule has 14 heavy (non-hydrogen) atoms. The van der Waals surface area contributed by atoms with E-state index in [2.05, 4.69) is 9.97 Å². The summed E-state index contributed by atoms with van der Waals surface area (Å²) < 4.78 is 0. The number of nitrogens with zero attached hydrogens (tertiary/aromatic N) is 3. The monoisotopic (exact) mass is 214 g/mol. The molecule has 76 valence electrons. The Morgan fingerprint density at radius 2 is 2.36 bits per heavy atom. The molecule has 1 saturated heterocycles. The summed E-state index contributed by atoms with van der Waals surface area (Å²) in [6, 6.07) is 1.65. The second-order valence-corrected chi connectivity index (χ2v) is 3.68. The minimum Gasteiger partial charge on any atom is -0.391 e. The molecule has 0 radical (unpaired) electrons. The number of nitrogen functional groups attached to an aromatic ring is 1. The van der Waals surface area contributed by atoms with E-state index in [0.717, 1.165) is 13.0 Å². The number of nitrogens with two attached hydrogens (primary N) is 1. The molecule has 0 aromatic carbocycles. The Bertz CT molecular complexity index is 326. The predicted molar refractivity (Wildman–Crippen MR) is 54.3 cm³/mol. The predicted octanol–water partition coefficient (Wildman–Crippen LogP) is 0.283. The lowest BCUT2D eigenvalue weighted by Crippen LogP contribution is -2.22. The van der Waals surface area contributed by atoms with Crippen LogP contribution in [0.1, 0.15) is 6.42 Å². The van der Waals surface area contributed by atoms with Crippen LogP contribution in [0.15, 0.2) is 6.07 Å². The van der Waals surface area contributed by atoms with E-state index >= 15 is 0 Å². The topological polar surface area (TPSA) is 75.3 Å². The molecule has 1 atom stereocenters. The van der Waals surface area contributed by atoms with Crippen molar-refractivity contribution in [2.45, 2.75) is 12.5 Å². The molecule has 2 rings (SSSR count). The smallest absolute Gasteiger partial charge is 0.223 e. The summed E-state index contributed by atoms with van der Waals surface area (Å²) in [7, 11) is 0. The van der Waals surface area contributed by atoms with Gasteiger partial charge in [-0.1, -0.05) is 11.6 Å². The maximum absolute atomic E-state index is 9.35. The van der Waals surface area contributed by atoms with E-state index in [-0.39, 0.29) is 12.1 Å². The van der Waals surface area contributed by atoms with Crippen LogP contribution in [0.25, 0.3) is 0 Å². The highest BCUT2D eigenvalue weighted by molar-refractivity contribution is 6.29. The van der Waals surface area contributed by atoms with E-state index in [9.17, 15) is 5.11 Å². The number of anilines is 2. The first-order valence-electron chi connectivity index (χ1n) is 4.38. The van der Waals surface area contributed by atoms with E-state index in [1.807, 2.05) is 4.90 Å². The number of halogens is 1. The number of β-amino-alcohol motifs (C(OH)–C–C–N with tert-alkyl or cyclic N) is 1. The first-order valence-corrected chi connectivity index (χ1v) is 4.76. The van der Waals surface area contributed by atoms with Gasteiger partial charge in [-0.15, -0.1) is 0 Å². The molecule has 1 aliphatic heterocycles. The summed E-state index contributed by atoms with van der Waals surface area (Å²) in [4.78, 5) is 9.75. The van der Waals surface area contributed by atoms with E-state index in [1.54, 1.807) is 6.07 Å². The summed E-state index contributed by atoms with van der Waals surface area (Å²) >= 11 is 5.74. The third kappa shape index (κ3) is 1.88. The highest BCUT2D eigenvalue weighted by Gasteiger charge is 2.21. The van der Waals surface area contributed by atoms with Crippen molar-refractivity contribution in [3.05, 3.63) is 11.2 Å². The lowest BCUT2D eigenvalue weighted by molar-refractivity contribution is 0.198. The fourth-order valence-corrected chi connectivity index (χ4v) is 1.72. The van der Waals surface area contributed by atoms with Crippen molar-refractivity contribution >= 4 is 23.4 Å². The van der Waals surface area contributed by atoms with Crippen LogP contribution in [0.4, 0.5) is 11.8 Å². The number of aliphatic hydroxyl groups is 1. The zero-order valence-electron chi connectivity index (χ0n) is 7.52. The average Bonchev–Trinajstić information content (AvgIpc) is 2.50.